The topological polar surface area (TPSA) is 109 Å². The molecule has 0 radical (unpaired) electrons. The largest absolute Gasteiger partial charge is 0.296 e. The van der Waals surface area contributed by atoms with Crippen molar-refractivity contribution in [3.8, 4) is 0 Å². The van der Waals surface area contributed by atoms with Crippen LogP contribution >= 0.6 is 11.3 Å². The number of sulfonamides is 1. The third kappa shape index (κ3) is 3.21. The SMILES string of the molecule is CCCc1nnc(NC(=O)c2ccc3c(c2)S(=O)(=O)N(CCC)C3=O)s1. The third-order valence-electron chi connectivity index (χ3n) is 3.85. The molecule has 1 aromatic heterocycles. The van der Waals surface area contributed by atoms with E-state index in [1.165, 1.54) is 29.5 Å². The Hall–Kier alpha value is -2.33. The molecule has 138 valence electrons. The highest BCUT2D eigenvalue weighted by atomic mass is 32.2. The van der Waals surface area contributed by atoms with E-state index in [4.69, 9.17) is 0 Å². The summed E-state index contributed by atoms with van der Waals surface area (Å²) in [5.74, 6) is -1.05. The van der Waals surface area contributed by atoms with Crippen LogP contribution in [0.1, 0.15) is 52.4 Å². The number of carbonyl (C=O) groups is 2. The Morgan fingerprint density at radius 1 is 1.23 bits per heavy atom. The van der Waals surface area contributed by atoms with Crippen molar-refractivity contribution in [3.63, 3.8) is 0 Å². The van der Waals surface area contributed by atoms with E-state index in [1.54, 1.807) is 6.92 Å². The van der Waals surface area contributed by atoms with Gasteiger partial charge in [0.05, 0.1) is 5.56 Å². The molecule has 1 aromatic carbocycles. The normalized spacial score (nSPS) is 15.2. The highest BCUT2D eigenvalue weighted by Crippen LogP contribution is 2.31. The van der Waals surface area contributed by atoms with Crippen molar-refractivity contribution in [1.29, 1.82) is 0 Å². The van der Waals surface area contributed by atoms with Crippen LogP contribution in [0.3, 0.4) is 0 Å². The number of nitrogens with one attached hydrogen (secondary N) is 1. The van der Waals surface area contributed by atoms with Gasteiger partial charge in [0.1, 0.15) is 9.90 Å². The number of fused-ring (bicyclic) bond motifs is 1. The smallest absolute Gasteiger partial charge is 0.269 e. The highest BCUT2D eigenvalue weighted by Gasteiger charge is 2.40. The zero-order valence-corrected chi connectivity index (χ0v) is 16.0. The summed E-state index contributed by atoms with van der Waals surface area (Å²) < 4.78 is 25.9. The van der Waals surface area contributed by atoms with Gasteiger partial charge in [-0.05, 0) is 31.0 Å². The monoisotopic (exact) mass is 394 g/mol. The van der Waals surface area contributed by atoms with Crippen LogP contribution in [0.5, 0.6) is 0 Å². The van der Waals surface area contributed by atoms with E-state index >= 15 is 0 Å². The molecule has 3 rings (SSSR count). The second-order valence-corrected chi connectivity index (χ2v) is 8.69. The molecule has 2 aromatic rings. The summed E-state index contributed by atoms with van der Waals surface area (Å²) in [6, 6.07) is 4.05. The zero-order chi connectivity index (χ0) is 18.9. The molecule has 2 heterocycles. The van der Waals surface area contributed by atoms with Crippen LogP contribution in [0, 0.1) is 0 Å². The van der Waals surface area contributed by atoms with Crippen molar-refractivity contribution >= 4 is 38.3 Å². The summed E-state index contributed by atoms with van der Waals surface area (Å²) in [6.45, 7) is 3.93. The van der Waals surface area contributed by atoms with E-state index < -0.39 is 21.8 Å². The van der Waals surface area contributed by atoms with Crippen LogP contribution in [0.2, 0.25) is 0 Å². The van der Waals surface area contributed by atoms with Crippen LogP contribution in [-0.2, 0) is 16.4 Å². The summed E-state index contributed by atoms with van der Waals surface area (Å²) in [5.41, 5.74) is 0.238. The molecular formula is C16H18N4O4S2. The third-order valence-corrected chi connectivity index (χ3v) is 6.57. The number of aromatic nitrogens is 2. The van der Waals surface area contributed by atoms with Gasteiger partial charge < -0.3 is 0 Å². The molecule has 0 saturated heterocycles. The Morgan fingerprint density at radius 3 is 2.69 bits per heavy atom. The molecule has 0 fully saturated rings. The van der Waals surface area contributed by atoms with Crippen molar-refractivity contribution in [3.05, 3.63) is 34.3 Å². The lowest BCUT2D eigenvalue weighted by atomic mass is 10.1. The van der Waals surface area contributed by atoms with E-state index in [9.17, 15) is 18.0 Å². The number of rotatable bonds is 6. The fourth-order valence-corrected chi connectivity index (χ4v) is 5.15. The first kappa shape index (κ1) is 18.5. The second kappa shape index (κ2) is 7.12. The molecule has 1 aliphatic rings. The summed E-state index contributed by atoms with van der Waals surface area (Å²) in [5, 5.41) is 11.7. The van der Waals surface area contributed by atoms with E-state index in [0.29, 0.717) is 11.6 Å². The zero-order valence-electron chi connectivity index (χ0n) is 14.4. The number of amides is 2. The number of aryl methyl sites for hydroxylation is 1. The van der Waals surface area contributed by atoms with E-state index in [0.717, 1.165) is 22.2 Å². The lowest BCUT2D eigenvalue weighted by Gasteiger charge is -2.13. The van der Waals surface area contributed by atoms with Gasteiger partial charge in [-0.25, -0.2) is 12.7 Å². The number of nitrogens with zero attached hydrogens (tertiary/aromatic N) is 3. The van der Waals surface area contributed by atoms with E-state index in [2.05, 4.69) is 15.5 Å². The molecule has 0 bridgehead atoms. The molecule has 0 aliphatic carbocycles. The van der Waals surface area contributed by atoms with Crippen molar-refractivity contribution in [1.82, 2.24) is 14.5 Å². The summed E-state index contributed by atoms with van der Waals surface area (Å²) in [4.78, 5) is 24.6. The Kier molecular flexibility index (Phi) is 5.05. The maximum atomic E-state index is 12.5. The van der Waals surface area contributed by atoms with Gasteiger partial charge in [0.15, 0.2) is 0 Å². The van der Waals surface area contributed by atoms with Gasteiger partial charge in [-0.1, -0.05) is 25.2 Å². The second-order valence-electron chi connectivity index (χ2n) is 5.80. The van der Waals surface area contributed by atoms with Gasteiger partial charge in [0, 0.05) is 18.5 Å². The lowest BCUT2D eigenvalue weighted by Crippen LogP contribution is -2.30. The number of anilines is 1. The lowest BCUT2D eigenvalue weighted by molar-refractivity contribution is 0.0870. The van der Waals surface area contributed by atoms with Crippen molar-refractivity contribution in [2.45, 2.75) is 38.0 Å². The minimum absolute atomic E-state index is 0.0937. The summed E-state index contributed by atoms with van der Waals surface area (Å²) in [7, 11) is -3.91. The summed E-state index contributed by atoms with van der Waals surface area (Å²) in [6.07, 6.45) is 2.22. The fourth-order valence-electron chi connectivity index (χ4n) is 2.63. The predicted molar refractivity (Wildman–Crippen MR) is 96.8 cm³/mol. The van der Waals surface area contributed by atoms with Crippen LogP contribution in [0.4, 0.5) is 5.13 Å². The number of carbonyl (C=O) groups excluding carboxylic acids is 2. The van der Waals surface area contributed by atoms with Gasteiger partial charge in [0.2, 0.25) is 5.13 Å². The van der Waals surface area contributed by atoms with Gasteiger partial charge >= 0.3 is 0 Å². The van der Waals surface area contributed by atoms with Gasteiger partial charge in [0.25, 0.3) is 21.8 Å². The van der Waals surface area contributed by atoms with Crippen LogP contribution in [-0.4, -0.2) is 41.3 Å². The Morgan fingerprint density at radius 2 is 2.00 bits per heavy atom. The number of hydrogen-bond donors (Lipinski definition) is 1. The van der Waals surface area contributed by atoms with Crippen LogP contribution in [0.25, 0.3) is 0 Å². The molecule has 1 N–H and O–H groups in total. The number of hydrogen-bond acceptors (Lipinski definition) is 7. The van der Waals surface area contributed by atoms with Crippen molar-refractivity contribution in [2.24, 2.45) is 0 Å². The Balaban J connectivity index is 1.86. The first-order chi connectivity index (χ1) is 12.4. The quantitative estimate of drug-likeness (QED) is 0.805. The molecule has 1 aliphatic heterocycles. The standard InChI is InChI=1S/C16H18N4O4S2/c1-3-5-13-18-19-16(25-13)17-14(21)10-6-7-11-12(9-10)26(23,24)20(8-4-2)15(11)22/h6-7,9H,3-5,8H2,1-2H3,(H,17,19,21). The molecule has 2 amide bonds. The van der Waals surface area contributed by atoms with Crippen molar-refractivity contribution < 1.29 is 18.0 Å². The molecule has 10 heteroatoms. The van der Waals surface area contributed by atoms with E-state index in [1.807, 2.05) is 6.92 Å². The Bertz CT molecular complexity index is 968. The van der Waals surface area contributed by atoms with Gasteiger partial charge in [-0.15, -0.1) is 10.2 Å². The van der Waals surface area contributed by atoms with Crippen molar-refractivity contribution in [2.75, 3.05) is 11.9 Å². The molecule has 0 spiro atoms. The minimum atomic E-state index is -3.91. The summed E-state index contributed by atoms with van der Waals surface area (Å²) >= 11 is 1.28. The predicted octanol–water partition coefficient (Wildman–Crippen LogP) is 2.30. The average molecular weight is 394 g/mol. The molecular weight excluding hydrogens is 376 g/mol. The minimum Gasteiger partial charge on any atom is -0.296 e. The Labute approximate surface area is 155 Å². The number of benzene rings is 1. The molecule has 0 unspecified atom stereocenters. The maximum absolute atomic E-state index is 12.5. The fraction of sp³-hybridized carbons (Fsp3) is 0.375. The van der Waals surface area contributed by atoms with Crippen LogP contribution in [0.15, 0.2) is 23.1 Å². The average Bonchev–Trinajstić information content (AvgIpc) is 3.12. The highest BCUT2D eigenvalue weighted by molar-refractivity contribution is 7.90. The molecule has 0 atom stereocenters. The van der Waals surface area contributed by atoms with Crippen LogP contribution < -0.4 is 5.32 Å². The van der Waals surface area contributed by atoms with Gasteiger partial charge in [-0.3, -0.25) is 14.9 Å². The van der Waals surface area contributed by atoms with E-state index in [-0.39, 0.29) is 22.6 Å². The molecule has 8 nitrogen and oxygen atoms in total. The first-order valence-corrected chi connectivity index (χ1v) is 10.5. The maximum Gasteiger partial charge on any atom is 0.269 e. The van der Waals surface area contributed by atoms with Gasteiger partial charge in [-0.2, -0.15) is 0 Å². The molecule has 26 heavy (non-hydrogen) atoms. The first-order valence-electron chi connectivity index (χ1n) is 8.23. The molecule has 0 saturated carbocycles.